The molecule has 2 unspecified atom stereocenters. The van der Waals surface area contributed by atoms with Gasteiger partial charge in [0.25, 0.3) is 5.91 Å². The summed E-state index contributed by atoms with van der Waals surface area (Å²) in [6.07, 6.45) is -0.701. The molecule has 0 saturated carbocycles. The molecule has 0 aliphatic heterocycles. The molecule has 2 rings (SSSR count). The van der Waals surface area contributed by atoms with E-state index >= 15 is 0 Å². The summed E-state index contributed by atoms with van der Waals surface area (Å²) in [5.74, 6) is -0.134. The Balaban J connectivity index is 2.34. The maximum absolute atomic E-state index is 13.5. The summed E-state index contributed by atoms with van der Waals surface area (Å²) in [6.45, 7) is 10.6. The number of methoxy groups -OCH3 is 1. The van der Waals surface area contributed by atoms with Crippen LogP contribution >= 0.6 is 0 Å². The number of nitrogens with zero attached hydrogens (tertiary/aromatic N) is 1. The van der Waals surface area contributed by atoms with Crippen LogP contribution in [0.1, 0.15) is 50.4 Å². The summed E-state index contributed by atoms with van der Waals surface area (Å²) in [5.41, 5.74) is 2.36. The molecule has 0 radical (unpaired) electrons. The van der Waals surface area contributed by atoms with Gasteiger partial charge in [0.15, 0.2) is 0 Å². The lowest BCUT2D eigenvalue weighted by atomic mass is 9.94. The van der Waals surface area contributed by atoms with Crippen molar-refractivity contribution in [3.05, 3.63) is 59.2 Å². The highest BCUT2D eigenvalue weighted by Gasteiger charge is 2.34. The lowest BCUT2D eigenvalue weighted by Crippen LogP contribution is -2.50. The van der Waals surface area contributed by atoms with Crippen molar-refractivity contribution in [2.45, 2.75) is 59.2 Å². The van der Waals surface area contributed by atoms with E-state index in [1.54, 1.807) is 66.1 Å². The Morgan fingerprint density at radius 3 is 2.03 bits per heavy atom. The van der Waals surface area contributed by atoms with Gasteiger partial charge in [0.2, 0.25) is 5.91 Å². The highest BCUT2D eigenvalue weighted by atomic mass is 16.6. The first-order chi connectivity index (χ1) is 15.8. The van der Waals surface area contributed by atoms with Crippen LogP contribution in [-0.4, -0.2) is 48.6 Å². The number of likely N-dealkylation sites (N-methyl/N-ethyl adjacent to an activating group) is 1. The summed E-state index contributed by atoms with van der Waals surface area (Å²) in [4.78, 5) is 40.3. The molecule has 0 aromatic heterocycles. The maximum Gasteiger partial charge on any atom is 0.408 e. The van der Waals surface area contributed by atoms with E-state index in [1.165, 1.54) is 4.90 Å². The molecule has 2 aromatic rings. The van der Waals surface area contributed by atoms with Crippen molar-refractivity contribution in [2.24, 2.45) is 0 Å². The second-order valence-corrected chi connectivity index (χ2v) is 9.24. The van der Waals surface area contributed by atoms with Crippen LogP contribution in [0, 0.1) is 13.8 Å². The van der Waals surface area contributed by atoms with E-state index in [2.05, 4.69) is 10.6 Å². The number of ether oxygens (including phenoxy) is 2. The number of anilines is 1. The summed E-state index contributed by atoms with van der Waals surface area (Å²) in [6, 6.07) is 10.8. The molecule has 0 saturated heterocycles. The fraction of sp³-hybridized carbons (Fsp3) is 0.423. The number of carbonyl (C=O) groups excluding carboxylic acids is 3. The average molecular weight is 470 g/mol. The third kappa shape index (κ3) is 6.97. The molecule has 0 fully saturated rings. The van der Waals surface area contributed by atoms with Crippen molar-refractivity contribution in [1.29, 1.82) is 0 Å². The number of nitrogens with one attached hydrogen (secondary N) is 2. The number of hydrogen-bond donors (Lipinski definition) is 2. The molecule has 2 atom stereocenters. The lowest BCUT2D eigenvalue weighted by Gasteiger charge is -2.32. The molecule has 0 aliphatic rings. The molecule has 8 nitrogen and oxygen atoms in total. The number of benzene rings is 2. The van der Waals surface area contributed by atoms with Gasteiger partial charge in [-0.05, 0) is 82.5 Å². The van der Waals surface area contributed by atoms with Gasteiger partial charge in [-0.2, -0.15) is 0 Å². The van der Waals surface area contributed by atoms with Crippen molar-refractivity contribution in [1.82, 2.24) is 10.2 Å². The third-order valence-electron chi connectivity index (χ3n) is 5.26. The van der Waals surface area contributed by atoms with Gasteiger partial charge in [0.1, 0.15) is 23.4 Å². The second kappa shape index (κ2) is 11.0. The minimum atomic E-state index is -0.918. The van der Waals surface area contributed by atoms with Crippen LogP contribution in [0.2, 0.25) is 0 Å². The Hall–Kier alpha value is -3.55. The molecule has 184 valence electrons. The van der Waals surface area contributed by atoms with E-state index in [1.807, 2.05) is 32.0 Å². The first-order valence-electron chi connectivity index (χ1n) is 11.1. The van der Waals surface area contributed by atoms with E-state index in [0.717, 1.165) is 16.7 Å². The van der Waals surface area contributed by atoms with E-state index in [9.17, 15) is 14.4 Å². The smallest absolute Gasteiger partial charge is 0.408 e. The molecule has 0 heterocycles. The number of alkyl carbamates (subject to hydrolysis) is 1. The molecule has 0 bridgehead atoms. The van der Waals surface area contributed by atoms with Gasteiger partial charge in [-0.3, -0.25) is 9.59 Å². The Labute approximate surface area is 201 Å². The number of carbonyl (C=O) groups is 3. The van der Waals surface area contributed by atoms with Gasteiger partial charge < -0.3 is 25.0 Å². The quantitative estimate of drug-likeness (QED) is 0.628. The van der Waals surface area contributed by atoms with Crippen LogP contribution in [-0.2, 0) is 14.3 Å². The van der Waals surface area contributed by atoms with Crippen LogP contribution in [0.15, 0.2) is 42.5 Å². The number of hydrogen-bond acceptors (Lipinski definition) is 5. The minimum Gasteiger partial charge on any atom is -0.497 e. The molecule has 34 heavy (non-hydrogen) atoms. The zero-order valence-electron chi connectivity index (χ0n) is 21.2. The van der Waals surface area contributed by atoms with Crippen molar-refractivity contribution in [3.8, 4) is 5.75 Å². The van der Waals surface area contributed by atoms with Gasteiger partial charge in [-0.1, -0.05) is 18.2 Å². The molecular formula is C26H35N3O5. The molecule has 2 aromatic carbocycles. The zero-order valence-corrected chi connectivity index (χ0v) is 21.2. The predicted molar refractivity (Wildman–Crippen MR) is 132 cm³/mol. The zero-order chi connectivity index (χ0) is 25.6. The highest BCUT2D eigenvalue weighted by molar-refractivity contribution is 5.99. The maximum atomic E-state index is 13.5. The Kier molecular flexibility index (Phi) is 8.68. The van der Waals surface area contributed by atoms with Crippen LogP contribution in [0.3, 0.4) is 0 Å². The minimum absolute atomic E-state index is 0.372. The normalized spacial score (nSPS) is 12.8. The van der Waals surface area contributed by atoms with Gasteiger partial charge in [0.05, 0.1) is 7.11 Å². The van der Waals surface area contributed by atoms with Gasteiger partial charge in [0, 0.05) is 12.7 Å². The monoisotopic (exact) mass is 469 g/mol. The molecule has 8 heteroatoms. The van der Waals surface area contributed by atoms with E-state index in [-0.39, 0.29) is 5.91 Å². The van der Waals surface area contributed by atoms with Crippen molar-refractivity contribution in [3.63, 3.8) is 0 Å². The topological polar surface area (TPSA) is 97.0 Å². The fourth-order valence-corrected chi connectivity index (χ4v) is 3.62. The summed E-state index contributed by atoms with van der Waals surface area (Å²) < 4.78 is 10.4. The molecule has 3 amide bonds. The van der Waals surface area contributed by atoms with Crippen molar-refractivity contribution >= 4 is 23.6 Å². The van der Waals surface area contributed by atoms with Crippen LogP contribution in [0.5, 0.6) is 5.75 Å². The van der Waals surface area contributed by atoms with Gasteiger partial charge in [-0.25, -0.2) is 4.79 Å². The van der Waals surface area contributed by atoms with Crippen molar-refractivity contribution in [2.75, 3.05) is 19.5 Å². The summed E-state index contributed by atoms with van der Waals surface area (Å²) in [7, 11) is 3.12. The van der Waals surface area contributed by atoms with E-state index in [4.69, 9.17) is 9.47 Å². The second-order valence-electron chi connectivity index (χ2n) is 9.24. The lowest BCUT2D eigenvalue weighted by molar-refractivity contribution is -0.138. The highest BCUT2D eigenvalue weighted by Crippen LogP contribution is 2.29. The van der Waals surface area contributed by atoms with Crippen LogP contribution in [0.25, 0.3) is 0 Å². The van der Waals surface area contributed by atoms with Crippen LogP contribution < -0.4 is 15.4 Å². The van der Waals surface area contributed by atoms with Crippen molar-refractivity contribution < 1.29 is 23.9 Å². The SMILES string of the molecule is COc1ccc(NC(=O)C(c2c(C)cccc2C)N(C)C(=O)C(C)NC(=O)OC(C)(C)C)cc1. The Morgan fingerprint density at radius 2 is 1.53 bits per heavy atom. The first kappa shape index (κ1) is 26.7. The largest absolute Gasteiger partial charge is 0.497 e. The van der Waals surface area contributed by atoms with Gasteiger partial charge in [-0.15, -0.1) is 0 Å². The number of aryl methyl sites for hydroxylation is 2. The fourth-order valence-electron chi connectivity index (χ4n) is 3.62. The third-order valence-corrected chi connectivity index (χ3v) is 5.26. The van der Waals surface area contributed by atoms with E-state index < -0.39 is 29.7 Å². The van der Waals surface area contributed by atoms with Crippen LogP contribution in [0.4, 0.5) is 10.5 Å². The average Bonchev–Trinajstić information content (AvgIpc) is 2.74. The summed E-state index contributed by atoms with van der Waals surface area (Å²) in [5, 5.41) is 5.45. The van der Waals surface area contributed by atoms with E-state index in [0.29, 0.717) is 11.4 Å². The summed E-state index contributed by atoms with van der Waals surface area (Å²) >= 11 is 0. The first-order valence-corrected chi connectivity index (χ1v) is 11.1. The number of rotatable bonds is 7. The Bertz CT molecular complexity index is 1010. The molecular weight excluding hydrogens is 434 g/mol. The van der Waals surface area contributed by atoms with Gasteiger partial charge >= 0.3 is 6.09 Å². The molecule has 0 aliphatic carbocycles. The predicted octanol–water partition coefficient (Wildman–Crippen LogP) is 4.36. The molecule has 0 spiro atoms. The number of amides is 3. The Morgan fingerprint density at radius 1 is 0.971 bits per heavy atom. The standard InChI is InChI=1S/C26H35N3O5/c1-16-10-9-11-17(2)21(16)22(23(30)28-19-12-14-20(33-8)15-13-19)29(7)24(31)18(3)27-25(32)34-26(4,5)6/h9-15,18,22H,1-8H3,(H,27,32)(H,28,30). The molecule has 2 N–H and O–H groups in total.